The van der Waals surface area contributed by atoms with Gasteiger partial charge in [-0.15, -0.1) is 0 Å². The van der Waals surface area contributed by atoms with E-state index in [1.165, 1.54) is 0 Å². The van der Waals surface area contributed by atoms with Gasteiger partial charge < -0.3 is 10.8 Å². The minimum Gasteiger partial charge on any atom is -0.481 e. The zero-order chi connectivity index (χ0) is 11.3. The Bertz CT molecular complexity index is 348. The zero-order valence-electron chi connectivity index (χ0n) is 8.22. The molecular formula is C11H13NO3. The lowest BCUT2D eigenvalue weighted by molar-refractivity contribution is -0.137. The number of carbonyl (C=O) groups excluding carboxylic acids is 1. The van der Waals surface area contributed by atoms with Crippen molar-refractivity contribution in [1.82, 2.24) is 0 Å². The fraction of sp³-hybridized carbons (Fsp3) is 0.273. The predicted molar refractivity (Wildman–Crippen MR) is 55.6 cm³/mol. The number of rotatable bonds is 5. The van der Waals surface area contributed by atoms with Gasteiger partial charge in [0, 0.05) is 12.0 Å². The van der Waals surface area contributed by atoms with Crippen molar-refractivity contribution in [2.45, 2.75) is 18.9 Å². The summed E-state index contributed by atoms with van der Waals surface area (Å²) in [7, 11) is 0. The monoisotopic (exact) mass is 207 g/mol. The summed E-state index contributed by atoms with van der Waals surface area (Å²) < 4.78 is 0. The van der Waals surface area contributed by atoms with E-state index in [-0.39, 0.29) is 18.6 Å². The molecule has 0 heterocycles. The normalized spacial score (nSPS) is 12.1. The molecule has 0 aromatic heterocycles. The first-order chi connectivity index (χ1) is 7.11. The van der Waals surface area contributed by atoms with Gasteiger partial charge in [-0.2, -0.15) is 0 Å². The maximum atomic E-state index is 11.6. The van der Waals surface area contributed by atoms with Crippen LogP contribution in [0.2, 0.25) is 0 Å². The molecule has 0 spiro atoms. The number of hydrogen-bond donors (Lipinski definition) is 2. The molecule has 0 fully saturated rings. The van der Waals surface area contributed by atoms with Crippen LogP contribution in [0.4, 0.5) is 0 Å². The minimum atomic E-state index is -0.939. The molecular weight excluding hydrogens is 194 g/mol. The average Bonchev–Trinajstić information content (AvgIpc) is 2.26. The number of hydrogen-bond acceptors (Lipinski definition) is 3. The predicted octanol–water partition coefficient (Wildman–Crippen LogP) is 1.06. The van der Waals surface area contributed by atoms with Crippen molar-refractivity contribution in [3.63, 3.8) is 0 Å². The molecule has 4 nitrogen and oxygen atoms in total. The summed E-state index contributed by atoms with van der Waals surface area (Å²) in [5.41, 5.74) is 6.11. The number of carboxylic acid groups (broad SMARTS) is 1. The number of carbonyl (C=O) groups is 2. The molecule has 0 saturated heterocycles. The molecule has 0 bridgehead atoms. The van der Waals surface area contributed by atoms with Crippen molar-refractivity contribution in [3.05, 3.63) is 35.9 Å². The van der Waals surface area contributed by atoms with Gasteiger partial charge in [-0.3, -0.25) is 9.59 Å². The lowest BCUT2D eigenvalue weighted by Gasteiger charge is -2.08. The van der Waals surface area contributed by atoms with Crippen LogP contribution in [0.15, 0.2) is 30.3 Å². The smallest absolute Gasteiger partial charge is 0.303 e. The van der Waals surface area contributed by atoms with Gasteiger partial charge in [0.15, 0.2) is 5.78 Å². The number of ketones is 1. The van der Waals surface area contributed by atoms with Gasteiger partial charge in [0.1, 0.15) is 0 Å². The Morgan fingerprint density at radius 2 is 1.87 bits per heavy atom. The molecule has 1 rings (SSSR count). The molecule has 0 saturated carbocycles. The maximum absolute atomic E-state index is 11.6. The first kappa shape index (κ1) is 11.4. The third-order valence-electron chi connectivity index (χ3n) is 2.06. The van der Waals surface area contributed by atoms with Crippen LogP contribution in [0.5, 0.6) is 0 Å². The molecule has 3 N–H and O–H groups in total. The largest absolute Gasteiger partial charge is 0.481 e. The van der Waals surface area contributed by atoms with Crippen molar-refractivity contribution in [2.24, 2.45) is 5.73 Å². The molecule has 80 valence electrons. The van der Waals surface area contributed by atoms with E-state index < -0.39 is 12.0 Å². The Labute approximate surface area is 87.7 Å². The van der Waals surface area contributed by atoms with Gasteiger partial charge in [0.05, 0.1) is 6.04 Å². The minimum absolute atomic E-state index is 0.0836. The second-order valence-corrected chi connectivity index (χ2v) is 3.27. The highest BCUT2D eigenvalue weighted by molar-refractivity contribution is 6.00. The molecule has 1 atom stereocenters. The highest BCUT2D eigenvalue weighted by Gasteiger charge is 2.16. The van der Waals surface area contributed by atoms with Gasteiger partial charge >= 0.3 is 5.97 Å². The quantitative estimate of drug-likeness (QED) is 0.707. The van der Waals surface area contributed by atoms with E-state index in [9.17, 15) is 9.59 Å². The Hall–Kier alpha value is -1.68. The molecule has 4 heteroatoms. The summed E-state index contributed by atoms with van der Waals surface area (Å²) in [5.74, 6) is -1.15. The van der Waals surface area contributed by atoms with E-state index in [0.717, 1.165) is 0 Å². The van der Waals surface area contributed by atoms with Crippen molar-refractivity contribution in [2.75, 3.05) is 0 Å². The van der Waals surface area contributed by atoms with Gasteiger partial charge in [-0.25, -0.2) is 0 Å². The third kappa shape index (κ3) is 3.52. The van der Waals surface area contributed by atoms with E-state index >= 15 is 0 Å². The van der Waals surface area contributed by atoms with Crippen LogP contribution in [0.3, 0.4) is 0 Å². The number of aliphatic carboxylic acids is 1. The lowest BCUT2D eigenvalue weighted by Crippen LogP contribution is -2.31. The van der Waals surface area contributed by atoms with Gasteiger partial charge in [0.25, 0.3) is 0 Å². The van der Waals surface area contributed by atoms with Gasteiger partial charge in [-0.05, 0) is 6.42 Å². The van der Waals surface area contributed by atoms with Crippen molar-refractivity contribution < 1.29 is 14.7 Å². The second-order valence-electron chi connectivity index (χ2n) is 3.27. The topological polar surface area (TPSA) is 80.4 Å². The number of benzene rings is 1. The lowest BCUT2D eigenvalue weighted by atomic mass is 10.0. The zero-order valence-corrected chi connectivity index (χ0v) is 8.22. The summed E-state index contributed by atoms with van der Waals surface area (Å²) in [4.78, 5) is 21.9. The molecule has 1 aromatic rings. The Morgan fingerprint density at radius 1 is 1.27 bits per heavy atom. The SMILES string of the molecule is N[C@@H](CCC(=O)O)C(=O)c1ccccc1. The molecule has 0 aliphatic carbocycles. The van der Waals surface area contributed by atoms with Crippen molar-refractivity contribution in [3.8, 4) is 0 Å². The Kier molecular flexibility index (Phi) is 4.00. The van der Waals surface area contributed by atoms with Crippen molar-refractivity contribution in [1.29, 1.82) is 0 Å². The molecule has 0 amide bonds. The van der Waals surface area contributed by atoms with Crippen LogP contribution >= 0.6 is 0 Å². The van der Waals surface area contributed by atoms with Crippen LogP contribution in [-0.2, 0) is 4.79 Å². The number of nitrogens with two attached hydrogens (primary N) is 1. The van der Waals surface area contributed by atoms with E-state index in [0.29, 0.717) is 5.56 Å². The van der Waals surface area contributed by atoms with Crippen LogP contribution < -0.4 is 5.73 Å². The fourth-order valence-electron chi connectivity index (χ4n) is 1.23. The van der Waals surface area contributed by atoms with E-state index in [4.69, 9.17) is 10.8 Å². The molecule has 15 heavy (non-hydrogen) atoms. The Morgan fingerprint density at radius 3 is 2.40 bits per heavy atom. The summed E-state index contributed by atoms with van der Waals surface area (Å²) in [5, 5.41) is 8.45. The molecule has 0 aliphatic heterocycles. The molecule has 0 radical (unpaired) electrons. The Balaban J connectivity index is 2.57. The third-order valence-corrected chi connectivity index (χ3v) is 2.06. The van der Waals surface area contributed by atoms with Gasteiger partial charge in [0.2, 0.25) is 0 Å². The van der Waals surface area contributed by atoms with Crippen LogP contribution in [-0.4, -0.2) is 22.9 Å². The summed E-state index contributed by atoms with van der Waals surface area (Å²) in [6.45, 7) is 0. The average molecular weight is 207 g/mol. The number of carboxylic acids is 1. The summed E-state index contributed by atoms with van der Waals surface area (Å²) in [6, 6.07) is 7.91. The molecule has 0 aliphatic rings. The van der Waals surface area contributed by atoms with E-state index in [1.807, 2.05) is 0 Å². The molecule has 0 unspecified atom stereocenters. The first-order valence-electron chi connectivity index (χ1n) is 4.68. The highest BCUT2D eigenvalue weighted by atomic mass is 16.4. The summed E-state index contributed by atoms with van der Waals surface area (Å²) >= 11 is 0. The van der Waals surface area contributed by atoms with Crippen molar-refractivity contribution >= 4 is 11.8 Å². The van der Waals surface area contributed by atoms with E-state index in [2.05, 4.69) is 0 Å². The maximum Gasteiger partial charge on any atom is 0.303 e. The second kappa shape index (κ2) is 5.26. The van der Waals surface area contributed by atoms with Crippen LogP contribution in [0, 0.1) is 0 Å². The van der Waals surface area contributed by atoms with Crippen LogP contribution in [0.25, 0.3) is 0 Å². The fourth-order valence-corrected chi connectivity index (χ4v) is 1.23. The standard InChI is InChI=1S/C11H13NO3/c12-9(6-7-10(13)14)11(15)8-4-2-1-3-5-8/h1-5,9H,6-7,12H2,(H,13,14)/t9-/m0/s1. The summed E-state index contributed by atoms with van der Waals surface area (Å²) in [6.07, 6.45) is 0.0861. The van der Waals surface area contributed by atoms with Crippen LogP contribution in [0.1, 0.15) is 23.2 Å². The van der Waals surface area contributed by atoms with Gasteiger partial charge in [-0.1, -0.05) is 30.3 Å². The highest BCUT2D eigenvalue weighted by Crippen LogP contribution is 2.05. The van der Waals surface area contributed by atoms with E-state index in [1.54, 1.807) is 30.3 Å². The first-order valence-corrected chi connectivity index (χ1v) is 4.68. The number of Topliss-reactive ketones (excluding diaryl/α,β-unsaturated/α-hetero) is 1. The molecule has 1 aromatic carbocycles.